The number of benzene rings is 10. The van der Waals surface area contributed by atoms with Gasteiger partial charge in [-0.25, -0.2) is 4.98 Å². The SMILES string of the molecule is c1ccc(-c2ccc(-n3c4cc(-c5ccc(-c6ccccc6N(c6ccccc6)c6cccc7ccccc67)cc5)ccc4c4ccc(-c5ccc6ccccc6n5)cc43)cc2)cc1. The van der Waals surface area contributed by atoms with Crippen LogP contribution in [0.3, 0.4) is 0 Å². The van der Waals surface area contributed by atoms with Gasteiger partial charge in [0.25, 0.3) is 0 Å². The summed E-state index contributed by atoms with van der Waals surface area (Å²) in [6, 6.07) is 89.6. The van der Waals surface area contributed by atoms with Crippen molar-refractivity contribution in [3.63, 3.8) is 0 Å². The molecular weight excluding hydrogens is 775 g/mol. The van der Waals surface area contributed by atoms with E-state index in [0.717, 1.165) is 78.2 Å². The lowest BCUT2D eigenvalue weighted by atomic mass is 9.97. The fourth-order valence-electron chi connectivity index (χ4n) is 9.44. The number of aromatic nitrogens is 2. The quantitative estimate of drug-likeness (QED) is 0.152. The van der Waals surface area contributed by atoms with E-state index >= 15 is 0 Å². The van der Waals surface area contributed by atoms with Gasteiger partial charge in [-0.05, 0) is 93.9 Å². The minimum absolute atomic E-state index is 0.961. The standard InChI is InChI=1S/C61H41N3/c1-3-14-42(15-4-1)43-30-35-51(36-31-43)64-60-40-48(32-37-54(60)55-38-33-49(41-61(55)64)57-39-34-47-17-8-11-23-56(47)62-57)44-26-28-46(29-27-44)53-22-10-12-24-58(53)63(50-19-5-2-6-20-50)59-25-13-18-45-16-7-9-21-52(45)59/h1-41H. The maximum absolute atomic E-state index is 5.08. The van der Waals surface area contributed by atoms with E-state index in [4.69, 9.17) is 4.98 Å². The number of anilines is 3. The summed E-state index contributed by atoms with van der Waals surface area (Å²) in [7, 11) is 0. The van der Waals surface area contributed by atoms with Gasteiger partial charge in [-0.3, -0.25) is 0 Å². The van der Waals surface area contributed by atoms with E-state index in [0.29, 0.717) is 0 Å². The topological polar surface area (TPSA) is 21.1 Å². The first-order valence-corrected chi connectivity index (χ1v) is 21.9. The Hall–Kier alpha value is -8.53. The predicted octanol–water partition coefficient (Wildman–Crippen LogP) is 16.6. The highest BCUT2D eigenvalue weighted by molar-refractivity contribution is 6.11. The van der Waals surface area contributed by atoms with E-state index in [1.54, 1.807) is 0 Å². The molecule has 3 nitrogen and oxygen atoms in total. The molecule has 3 heteroatoms. The summed E-state index contributed by atoms with van der Waals surface area (Å²) in [5.41, 5.74) is 16.9. The highest BCUT2D eigenvalue weighted by Gasteiger charge is 2.20. The van der Waals surface area contributed by atoms with Crippen molar-refractivity contribution in [2.45, 2.75) is 0 Å². The lowest BCUT2D eigenvalue weighted by Gasteiger charge is -2.29. The molecule has 12 rings (SSSR count). The number of nitrogens with zero attached hydrogens (tertiary/aromatic N) is 3. The Labute approximate surface area is 372 Å². The molecule has 0 saturated heterocycles. The minimum Gasteiger partial charge on any atom is -0.309 e. The molecule has 0 saturated carbocycles. The van der Waals surface area contributed by atoms with E-state index in [-0.39, 0.29) is 0 Å². The summed E-state index contributed by atoms with van der Waals surface area (Å²) in [6.45, 7) is 0. The second-order valence-electron chi connectivity index (χ2n) is 16.4. The largest absolute Gasteiger partial charge is 0.309 e. The highest BCUT2D eigenvalue weighted by atomic mass is 15.1. The fraction of sp³-hybridized carbons (Fsp3) is 0. The van der Waals surface area contributed by atoms with Crippen LogP contribution in [0.1, 0.15) is 0 Å². The van der Waals surface area contributed by atoms with Crippen molar-refractivity contribution in [2.75, 3.05) is 4.90 Å². The van der Waals surface area contributed by atoms with Gasteiger partial charge < -0.3 is 9.47 Å². The Bertz CT molecular complexity index is 3640. The number of hydrogen-bond donors (Lipinski definition) is 0. The van der Waals surface area contributed by atoms with Gasteiger partial charge in [-0.15, -0.1) is 0 Å². The van der Waals surface area contributed by atoms with Gasteiger partial charge in [-0.2, -0.15) is 0 Å². The molecule has 0 unspecified atom stereocenters. The molecule has 12 aromatic rings. The summed E-state index contributed by atoms with van der Waals surface area (Å²) in [5.74, 6) is 0. The van der Waals surface area contributed by atoms with Gasteiger partial charge in [0.15, 0.2) is 0 Å². The zero-order valence-electron chi connectivity index (χ0n) is 35.0. The van der Waals surface area contributed by atoms with Crippen LogP contribution in [-0.2, 0) is 0 Å². The lowest BCUT2D eigenvalue weighted by Crippen LogP contribution is -2.11. The fourth-order valence-corrected chi connectivity index (χ4v) is 9.44. The van der Waals surface area contributed by atoms with Crippen LogP contribution in [0.5, 0.6) is 0 Å². The Balaban J connectivity index is 0.969. The van der Waals surface area contributed by atoms with Crippen molar-refractivity contribution in [2.24, 2.45) is 0 Å². The molecule has 0 amide bonds. The molecule has 0 aliphatic rings. The lowest BCUT2D eigenvalue weighted by molar-refractivity contribution is 1.18. The molecule has 2 aromatic heterocycles. The van der Waals surface area contributed by atoms with Crippen LogP contribution in [0.2, 0.25) is 0 Å². The molecule has 0 N–H and O–H groups in total. The van der Waals surface area contributed by atoms with E-state index in [1.807, 2.05) is 0 Å². The number of pyridine rings is 1. The Morgan fingerprint density at radius 1 is 0.328 bits per heavy atom. The van der Waals surface area contributed by atoms with Crippen LogP contribution in [0.15, 0.2) is 249 Å². The molecule has 0 atom stereocenters. The minimum atomic E-state index is 0.961. The third kappa shape index (κ3) is 6.59. The summed E-state index contributed by atoms with van der Waals surface area (Å²) in [4.78, 5) is 7.48. The average molecular weight is 816 g/mol. The van der Waals surface area contributed by atoms with Gasteiger partial charge in [0.05, 0.1) is 33.6 Å². The van der Waals surface area contributed by atoms with Gasteiger partial charge >= 0.3 is 0 Å². The van der Waals surface area contributed by atoms with E-state index in [9.17, 15) is 0 Å². The summed E-state index contributed by atoms with van der Waals surface area (Å²) in [6.07, 6.45) is 0. The van der Waals surface area contributed by atoms with Crippen molar-refractivity contribution >= 4 is 60.5 Å². The van der Waals surface area contributed by atoms with Crippen molar-refractivity contribution in [3.05, 3.63) is 249 Å². The Morgan fingerprint density at radius 2 is 0.875 bits per heavy atom. The molecule has 0 aliphatic heterocycles. The predicted molar refractivity (Wildman–Crippen MR) is 270 cm³/mol. The first kappa shape index (κ1) is 37.2. The summed E-state index contributed by atoms with van der Waals surface area (Å²) < 4.78 is 2.42. The monoisotopic (exact) mass is 815 g/mol. The average Bonchev–Trinajstić information content (AvgIpc) is 3.70. The van der Waals surface area contributed by atoms with Crippen LogP contribution in [0.4, 0.5) is 17.1 Å². The van der Waals surface area contributed by atoms with Crippen molar-refractivity contribution < 1.29 is 0 Å². The van der Waals surface area contributed by atoms with Crippen LogP contribution in [0.25, 0.3) is 93.8 Å². The summed E-state index contributed by atoms with van der Waals surface area (Å²) >= 11 is 0. The molecule has 0 aliphatic carbocycles. The number of para-hydroxylation sites is 3. The van der Waals surface area contributed by atoms with Crippen molar-refractivity contribution in [1.29, 1.82) is 0 Å². The second kappa shape index (κ2) is 15.7. The van der Waals surface area contributed by atoms with E-state index in [1.165, 1.54) is 32.7 Å². The van der Waals surface area contributed by atoms with Crippen molar-refractivity contribution in [1.82, 2.24) is 9.55 Å². The molecule has 10 aromatic carbocycles. The maximum atomic E-state index is 5.08. The van der Waals surface area contributed by atoms with Gasteiger partial charge in [-0.1, -0.05) is 188 Å². The smallest absolute Gasteiger partial charge is 0.0710 e. The van der Waals surface area contributed by atoms with Gasteiger partial charge in [0.1, 0.15) is 0 Å². The summed E-state index contributed by atoms with van der Waals surface area (Å²) in [5, 5.41) is 5.98. The van der Waals surface area contributed by atoms with Crippen LogP contribution >= 0.6 is 0 Å². The zero-order chi connectivity index (χ0) is 42.4. The van der Waals surface area contributed by atoms with E-state index in [2.05, 4.69) is 258 Å². The normalized spacial score (nSPS) is 11.4. The van der Waals surface area contributed by atoms with Crippen molar-refractivity contribution in [3.8, 4) is 50.3 Å². The third-order valence-electron chi connectivity index (χ3n) is 12.6. The number of fused-ring (bicyclic) bond motifs is 5. The Kier molecular flexibility index (Phi) is 9.16. The third-order valence-corrected chi connectivity index (χ3v) is 12.6. The molecule has 2 heterocycles. The van der Waals surface area contributed by atoms with Crippen LogP contribution in [-0.4, -0.2) is 9.55 Å². The van der Waals surface area contributed by atoms with Gasteiger partial charge in [0.2, 0.25) is 0 Å². The first-order chi connectivity index (χ1) is 31.7. The zero-order valence-corrected chi connectivity index (χ0v) is 35.0. The molecule has 0 radical (unpaired) electrons. The number of hydrogen-bond acceptors (Lipinski definition) is 2. The molecular formula is C61H41N3. The second-order valence-corrected chi connectivity index (χ2v) is 16.4. The molecule has 0 spiro atoms. The van der Waals surface area contributed by atoms with Crippen LogP contribution < -0.4 is 4.90 Å². The maximum Gasteiger partial charge on any atom is 0.0710 e. The molecule has 64 heavy (non-hydrogen) atoms. The van der Waals surface area contributed by atoms with Gasteiger partial charge in [0, 0.05) is 44.0 Å². The molecule has 0 bridgehead atoms. The Morgan fingerprint density at radius 3 is 1.67 bits per heavy atom. The highest BCUT2D eigenvalue weighted by Crippen LogP contribution is 2.44. The number of rotatable bonds is 8. The first-order valence-electron chi connectivity index (χ1n) is 21.9. The van der Waals surface area contributed by atoms with Crippen LogP contribution in [0, 0.1) is 0 Å². The van der Waals surface area contributed by atoms with E-state index < -0.39 is 0 Å². The molecule has 0 fully saturated rings. The molecule has 300 valence electrons.